The highest BCUT2D eigenvalue weighted by Crippen LogP contribution is 2.30. The zero-order chi connectivity index (χ0) is 32.1. The lowest BCUT2D eigenvalue weighted by Crippen LogP contribution is -2.29. The standard InChI is InChI=1S/C23H26N10.C2H6O.3C2H6/c1-15(9-24)31-20-8-22(33-23-18(12-30-33)7-16(10-25)11-29-23)28-13-21(20)32(27)14-19(26)17-5-3-2-4-6-17;1-2-3;3*1-2/h7-8,11-15,17H,2-6,26-27H2,1H3,(H,28,31);3H,2H2,1H3;3*1-2H3/b19-14-;;;;/t15-;;;;/m1..../s1. The van der Waals surface area contributed by atoms with Gasteiger partial charge in [-0.3, -0.25) is 5.01 Å². The highest BCUT2D eigenvalue weighted by Gasteiger charge is 2.19. The van der Waals surface area contributed by atoms with E-state index in [2.05, 4.69) is 32.5 Å². The van der Waals surface area contributed by atoms with Gasteiger partial charge in [0.05, 0.1) is 35.4 Å². The Morgan fingerprint density at radius 3 is 2.29 bits per heavy atom. The Hall–Kier alpha value is -4.19. The smallest absolute Gasteiger partial charge is 0.164 e. The average Bonchev–Trinajstić information content (AvgIpc) is 3.48. The van der Waals surface area contributed by atoms with Crippen LogP contribution >= 0.6 is 0 Å². The topological polar surface area (TPSA) is 179 Å². The maximum Gasteiger partial charge on any atom is 0.164 e. The molecule has 1 aliphatic rings. The van der Waals surface area contributed by atoms with E-state index in [9.17, 15) is 5.26 Å². The zero-order valence-corrected chi connectivity index (χ0v) is 26.6. The number of allylic oxidation sites excluding steroid dienone is 1. The Balaban J connectivity index is 0.00000169. The number of hydrogen-bond acceptors (Lipinski definition) is 10. The summed E-state index contributed by atoms with van der Waals surface area (Å²) in [5.41, 5.74) is 9.32. The summed E-state index contributed by atoms with van der Waals surface area (Å²) >= 11 is 0. The van der Waals surface area contributed by atoms with Gasteiger partial charge in [-0.15, -0.1) is 0 Å². The number of fused-ring (bicyclic) bond motifs is 1. The molecule has 3 heterocycles. The van der Waals surface area contributed by atoms with Gasteiger partial charge in [0.1, 0.15) is 12.1 Å². The molecule has 1 atom stereocenters. The Bertz CT molecular complexity index is 1280. The fraction of sp³-hybridized carbons (Fsp3) is 0.516. The molecule has 1 aliphatic carbocycles. The normalized spacial score (nSPS) is 13.1. The summed E-state index contributed by atoms with van der Waals surface area (Å²) in [7, 11) is 0. The molecule has 0 amide bonds. The minimum absolute atomic E-state index is 0.250. The van der Waals surface area contributed by atoms with Crippen molar-refractivity contribution in [3.63, 3.8) is 0 Å². The summed E-state index contributed by atoms with van der Waals surface area (Å²) in [5, 5.41) is 35.7. The third-order valence-electron chi connectivity index (χ3n) is 5.83. The molecule has 0 bridgehead atoms. The first-order chi connectivity index (χ1) is 20.4. The van der Waals surface area contributed by atoms with Crippen LogP contribution in [0.5, 0.6) is 0 Å². The van der Waals surface area contributed by atoms with Gasteiger partial charge in [0, 0.05) is 36.2 Å². The second-order valence-corrected chi connectivity index (χ2v) is 8.55. The van der Waals surface area contributed by atoms with E-state index in [1.807, 2.05) is 41.5 Å². The maximum absolute atomic E-state index is 9.33. The van der Waals surface area contributed by atoms with Gasteiger partial charge in [0.2, 0.25) is 0 Å². The number of pyridine rings is 2. The van der Waals surface area contributed by atoms with Gasteiger partial charge in [-0.2, -0.15) is 20.3 Å². The Morgan fingerprint density at radius 1 is 1.10 bits per heavy atom. The van der Waals surface area contributed by atoms with Crippen LogP contribution in [0.15, 0.2) is 42.6 Å². The first-order valence-corrected chi connectivity index (χ1v) is 14.9. The molecule has 0 spiro atoms. The molecule has 4 rings (SSSR count). The van der Waals surface area contributed by atoms with Crippen LogP contribution in [0.25, 0.3) is 16.9 Å². The Morgan fingerprint density at radius 2 is 1.71 bits per heavy atom. The van der Waals surface area contributed by atoms with Gasteiger partial charge in [-0.25, -0.2) is 15.8 Å². The zero-order valence-electron chi connectivity index (χ0n) is 26.6. The number of aromatic nitrogens is 4. The van der Waals surface area contributed by atoms with E-state index in [1.165, 1.54) is 30.5 Å². The molecule has 0 aromatic carbocycles. The first-order valence-electron chi connectivity index (χ1n) is 14.9. The van der Waals surface area contributed by atoms with Crippen LogP contribution in [0.3, 0.4) is 0 Å². The molecule has 0 unspecified atom stereocenters. The van der Waals surface area contributed by atoms with Crippen LogP contribution in [0, 0.1) is 28.6 Å². The molecule has 3 aromatic heterocycles. The van der Waals surface area contributed by atoms with E-state index in [0.717, 1.165) is 23.9 Å². The maximum atomic E-state index is 9.33. The summed E-state index contributed by atoms with van der Waals surface area (Å²) in [6.45, 7) is 15.7. The molecular formula is C31H50N10O. The van der Waals surface area contributed by atoms with Gasteiger partial charge >= 0.3 is 0 Å². The number of hydrogen-bond donors (Lipinski definition) is 4. The summed E-state index contributed by atoms with van der Waals surface area (Å²) in [6, 6.07) is 7.27. The predicted molar refractivity (Wildman–Crippen MR) is 172 cm³/mol. The quantitative estimate of drug-likeness (QED) is 0.196. The van der Waals surface area contributed by atoms with E-state index in [-0.39, 0.29) is 6.61 Å². The van der Waals surface area contributed by atoms with E-state index < -0.39 is 6.04 Å². The van der Waals surface area contributed by atoms with Crippen molar-refractivity contribution in [1.82, 2.24) is 19.7 Å². The van der Waals surface area contributed by atoms with E-state index >= 15 is 0 Å². The van der Waals surface area contributed by atoms with E-state index in [4.69, 9.17) is 21.9 Å². The lowest BCUT2D eigenvalue weighted by atomic mass is 9.87. The number of aliphatic hydroxyl groups excluding tert-OH is 1. The van der Waals surface area contributed by atoms with Crippen molar-refractivity contribution in [2.75, 3.05) is 16.9 Å². The Kier molecular flexibility index (Phi) is 19.4. The highest BCUT2D eigenvalue weighted by molar-refractivity contribution is 5.78. The third-order valence-corrected chi connectivity index (χ3v) is 5.83. The van der Waals surface area contributed by atoms with Gasteiger partial charge in [-0.05, 0) is 38.7 Å². The summed E-state index contributed by atoms with van der Waals surface area (Å²) in [6.07, 6.45) is 12.2. The molecule has 1 saturated carbocycles. The number of anilines is 2. The predicted octanol–water partition coefficient (Wildman–Crippen LogP) is 6.15. The molecular weight excluding hydrogens is 528 g/mol. The van der Waals surface area contributed by atoms with Crippen LogP contribution in [0.2, 0.25) is 0 Å². The molecule has 3 aromatic rings. The van der Waals surface area contributed by atoms with Crippen LogP contribution < -0.4 is 21.9 Å². The lowest BCUT2D eigenvalue weighted by molar-refractivity contribution is 0.318. The molecule has 0 aliphatic heterocycles. The molecule has 230 valence electrons. The number of hydrazine groups is 1. The van der Waals surface area contributed by atoms with E-state index in [1.54, 1.807) is 49.3 Å². The van der Waals surface area contributed by atoms with Gasteiger partial charge in [-0.1, -0.05) is 60.8 Å². The fourth-order valence-electron chi connectivity index (χ4n) is 4.06. The molecule has 11 nitrogen and oxygen atoms in total. The van der Waals surface area contributed by atoms with Crippen molar-refractivity contribution in [2.45, 2.75) is 93.5 Å². The van der Waals surface area contributed by atoms with Crippen molar-refractivity contribution in [1.29, 1.82) is 10.5 Å². The van der Waals surface area contributed by atoms with Gasteiger partial charge in [0.15, 0.2) is 11.5 Å². The number of nitrogens with zero attached hydrogens (tertiary/aromatic N) is 7. The molecule has 1 fully saturated rings. The van der Waals surface area contributed by atoms with Gasteiger partial charge < -0.3 is 16.2 Å². The second-order valence-electron chi connectivity index (χ2n) is 8.55. The number of nitriles is 2. The van der Waals surface area contributed by atoms with Crippen LogP contribution in [0.4, 0.5) is 11.4 Å². The van der Waals surface area contributed by atoms with Gasteiger partial charge in [0.25, 0.3) is 0 Å². The van der Waals surface area contributed by atoms with E-state index in [0.29, 0.717) is 34.3 Å². The minimum Gasteiger partial charge on any atom is -0.401 e. The molecule has 6 N–H and O–H groups in total. The number of nitrogens with two attached hydrogens (primary N) is 2. The summed E-state index contributed by atoms with van der Waals surface area (Å²) in [4.78, 5) is 8.88. The van der Waals surface area contributed by atoms with Crippen LogP contribution in [-0.2, 0) is 0 Å². The van der Waals surface area contributed by atoms with Crippen molar-refractivity contribution in [3.8, 4) is 18.0 Å². The summed E-state index contributed by atoms with van der Waals surface area (Å²) < 4.78 is 1.58. The van der Waals surface area contributed by atoms with Crippen molar-refractivity contribution in [3.05, 3.63) is 48.2 Å². The Labute approximate surface area is 251 Å². The van der Waals surface area contributed by atoms with Crippen LogP contribution in [0.1, 0.15) is 93.1 Å². The minimum atomic E-state index is -0.460. The summed E-state index contributed by atoms with van der Waals surface area (Å²) in [5.74, 6) is 7.18. The third kappa shape index (κ3) is 11.0. The number of rotatable bonds is 6. The molecule has 42 heavy (non-hydrogen) atoms. The lowest BCUT2D eigenvalue weighted by Gasteiger charge is -2.25. The first kappa shape index (κ1) is 37.8. The SMILES string of the molecule is CC.CC.CC.CCO.C[C@H](C#N)Nc1cc(-n2ncc3cc(C#N)cnc32)ncc1N(N)/C=C(\N)C1CCCCC1. The number of aliphatic hydroxyl groups is 1. The largest absolute Gasteiger partial charge is 0.401 e. The van der Waals surface area contributed by atoms with Crippen molar-refractivity contribution >= 4 is 22.4 Å². The number of nitrogens with one attached hydrogen (secondary N) is 1. The van der Waals surface area contributed by atoms with Crippen molar-refractivity contribution in [2.24, 2.45) is 17.5 Å². The highest BCUT2D eigenvalue weighted by atomic mass is 16.2. The molecule has 0 radical (unpaired) electrons. The molecule has 11 heteroatoms. The monoisotopic (exact) mass is 578 g/mol. The second kappa shape index (κ2) is 21.5. The average molecular weight is 579 g/mol. The molecule has 0 saturated heterocycles. The van der Waals surface area contributed by atoms with Crippen molar-refractivity contribution < 1.29 is 5.11 Å². The fourth-order valence-corrected chi connectivity index (χ4v) is 4.06. The van der Waals surface area contributed by atoms with Crippen LogP contribution in [-0.4, -0.2) is 37.5 Å².